The Bertz CT molecular complexity index is 42.8. The predicted molar refractivity (Wildman–Crippen MR) is 26.2 cm³/mol. The molecular weight excluding hydrogens is 78.0 g/mol. The van der Waals surface area contributed by atoms with Gasteiger partial charge in [0.2, 0.25) is 0 Å². The lowest BCUT2D eigenvalue weighted by Crippen LogP contribution is -2.07. The van der Waals surface area contributed by atoms with Gasteiger partial charge < -0.3 is 10.3 Å². The van der Waals surface area contributed by atoms with Crippen LogP contribution in [0.3, 0.4) is 0 Å². The van der Waals surface area contributed by atoms with Gasteiger partial charge in [-0.05, 0) is 7.05 Å². The molecule has 0 unspecified atom stereocenters. The minimum Gasteiger partial charge on any atom is -0.785 e. The van der Waals surface area contributed by atoms with Crippen molar-refractivity contribution in [2.24, 2.45) is 0 Å². The van der Waals surface area contributed by atoms with Crippen LogP contribution in [0.1, 0.15) is 0 Å². The van der Waals surface area contributed by atoms with Crippen molar-refractivity contribution in [1.29, 1.82) is 0 Å². The minimum atomic E-state index is 0.417. The van der Waals surface area contributed by atoms with Gasteiger partial charge >= 0.3 is 0 Å². The van der Waals surface area contributed by atoms with E-state index in [2.05, 4.69) is 6.58 Å². The average Bonchev–Trinajstić information content (AvgIpc) is 1.35. The van der Waals surface area contributed by atoms with Crippen LogP contribution in [0.2, 0.25) is 0 Å². The Hall–Kier alpha value is -0.340. The molecule has 0 saturated heterocycles. The lowest BCUT2D eigenvalue weighted by atomic mass is 10.6. The highest BCUT2D eigenvalue weighted by molar-refractivity contribution is 4.70. The van der Waals surface area contributed by atoms with Gasteiger partial charge in [0.05, 0.1) is 0 Å². The molecule has 0 bridgehead atoms. The maximum Gasteiger partial charge on any atom is 0.00373 e. The summed E-state index contributed by atoms with van der Waals surface area (Å²) in [6.45, 7) is 3.78. The van der Waals surface area contributed by atoms with Crippen LogP contribution in [0, 0.1) is 5.21 Å². The van der Waals surface area contributed by atoms with Gasteiger partial charge in [-0.1, -0.05) is 6.08 Å². The van der Waals surface area contributed by atoms with Crippen molar-refractivity contribution in [2.45, 2.75) is 0 Å². The van der Waals surface area contributed by atoms with Gasteiger partial charge in [0.1, 0.15) is 0 Å². The van der Waals surface area contributed by atoms with Gasteiger partial charge in [0.25, 0.3) is 0 Å². The van der Waals surface area contributed by atoms with E-state index in [4.69, 9.17) is 0 Å². The van der Waals surface area contributed by atoms with Crippen LogP contribution in [-0.4, -0.2) is 18.7 Å². The average molecular weight is 86.1 g/mol. The molecule has 6 heavy (non-hydrogen) atoms. The summed E-state index contributed by atoms with van der Waals surface area (Å²) >= 11 is 0. The fourth-order valence-corrected chi connectivity index (χ4v) is 0.182. The lowest BCUT2D eigenvalue weighted by Gasteiger charge is -2.18. The molecule has 0 aliphatic carbocycles. The third kappa shape index (κ3) is 3.66. The fourth-order valence-electron chi connectivity index (χ4n) is 0.182. The summed E-state index contributed by atoms with van der Waals surface area (Å²) in [7, 11) is 1.46. The highest BCUT2D eigenvalue weighted by Gasteiger charge is 1.66. The van der Waals surface area contributed by atoms with Crippen LogP contribution in [0.25, 0.3) is 0 Å². The van der Waals surface area contributed by atoms with E-state index in [1.165, 1.54) is 7.05 Å². The molecule has 36 valence electrons. The molecule has 2 heteroatoms. The van der Waals surface area contributed by atoms with Crippen molar-refractivity contribution in [3.63, 3.8) is 0 Å². The Morgan fingerprint density at radius 3 is 2.50 bits per heavy atom. The van der Waals surface area contributed by atoms with Gasteiger partial charge in [0.15, 0.2) is 0 Å². The molecule has 0 fully saturated rings. The highest BCUT2D eigenvalue weighted by atomic mass is 16.5. The third-order valence-corrected chi connectivity index (χ3v) is 0.386. The monoisotopic (exact) mass is 86.1 g/mol. The molecule has 0 radical (unpaired) electrons. The van der Waals surface area contributed by atoms with Crippen molar-refractivity contribution >= 4 is 0 Å². The number of hydrogen-bond acceptors (Lipinski definition) is 2. The molecule has 0 aromatic heterocycles. The van der Waals surface area contributed by atoms with Crippen LogP contribution < -0.4 is 0 Å². The van der Waals surface area contributed by atoms with E-state index in [1.54, 1.807) is 6.08 Å². The smallest absolute Gasteiger partial charge is 0.00373 e. The Balaban J connectivity index is 2.81. The molecule has 0 saturated carbocycles. The Morgan fingerprint density at radius 1 is 2.00 bits per heavy atom. The zero-order valence-electron chi connectivity index (χ0n) is 3.85. The molecule has 0 spiro atoms. The summed E-state index contributed by atoms with van der Waals surface area (Å²) in [6, 6.07) is 0. The van der Waals surface area contributed by atoms with Gasteiger partial charge in [-0.25, -0.2) is 0 Å². The standard InChI is InChI=1S/C4H8NO/c1-3-4-5(2)6/h3H,1,4H2,2H3/q-1. The molecule has 0 rings (SSSR count). The molecule has 0 aromatic carbocycles. The first-order valence-electron chi connectivity index (χ1n) is 1.76. The highest BCUT2D eigenvalue weighted by Crippen LogP contribution is 1.71. The lowest BCUT2D eigenvalue weighted by molar-refractivity contribution is 0.513. The topological polar surface area (TPSA) is 26.3 Å². The first-order chi connectivity index (χ1) is 2.77. The fraction of sp³-hybridized carbons (Fsp3) is 0.500. The van der Waals surface area contributed by atoms with E-state index in [0.717, 1.165) is 5.06 Å². The van der Waals surface area contributed by atoms with Gasteiger partial charge in [0, 0.05) is 6.54 Å². The van der Waals surface area contributed by atoms with E-state index in [-0.39, 0.29) is 0 Å². The number of nitrogens with zero attached hydrogens (tertiary/aromatic N) is 1. The summed E-state index contributed by atoms with van der Waals surface area (Å²) in [5, 5.41) is 10.7. The molecule has 0 heterocycles. The maximum absolute atomic E-state index is 9.89. The first-order valence-corrected chi connectivity index (χ1v) is 1.76. The minimum absolute atomic E-state index is 0.417. The molecular formula is C4H8NO-. The zero-order valence-corrected chi connectivity index (χ0v) is 3.85. The van der Waals surface area contributed by atoms with E-state index >= 15 is 0 Å². The Labute approximate surface area is 37.7 Å². The molecule has 2 nitrogen and oxygen atoms in total. The second-order valence-corrected chi connectivity index (χ2v) is 1.10. The van der Waals surface area contributed by atoms with Crippen molar-refractivity contribution in [2.75, 3.05) is 13.6 Å². The molecule has 0 amide bonds. The Kier molecular flexibility index (Phi) is 2.71. The Morgan fingerprint density at radius 2 is 2.50 bits per heavy atom. The first kappa shape index (κ1) is 5.66. The molecule has 0 N–H and O–H groups in total. The van der Waals surface area contributed by atoms with Crippen molar-refractivity contribution in [1.82, 2.24) is 5.06 Å². The second kappa shape index (κ2) is 2.87. The van der Waals surface area contributed by atoms with Gasteiger partial charge in [-0.2, -0.15) is 0 Å². The molecule has 0 aromatic rings. The predicted octanol–water partition coefficient (Wildman–Crippen LogP) is 0.602. The number of rotatable bonds is 2. The van der Waals surface area contributed by atoms with E-state index in [0.29, 0.717) is 6.54 Å². The van der Waals surface area contributed by atoms with Crippen LogP contribution >= 0.6 is 0 Å². The molecule has 0 aliphatic heterocycles. The summed E-state index contributed by atoms with van der Waals surface area (Å²) < 4.78 is 0. The zero-order chi connectivity index (χ0) is 4.99. The maximum atomic E-state index is 9.89. The SMILES string of the molecule is C=CCN(C)[O-]. The normalized spacial score (nSPS) is 9.17. The van der Waals surface area contributed by atoms with E-state index in [1.807, 2.05) is 0 Å². The number of likely N-dealkylation sites (N-methyl/N-ethyl adjacent to an activating group) is 1. The second-order valence-electron chi connectivity index (χ2n) is 1.10. The van der Waals surface area contributed by atoms with E-state index in [9.17, 15) is 5.21 Å². The summed E-state index contributed by atoms with van der Waals surface area (Å²) in [5.41, 5.74) is 0. The molecule has 0 atom stereocenters. The summed E-state index contributed by atoms with van der Waals surface area (Å²) in [6.07, 6.45) is 1.56. The summed E-state index contributed by atoms with van der Waals surface area (Å²) in [4.78, 5) is 0. The van der Waals surface area contributed by atoms with Crippen LogP contribution in [0.4, 0.5) is 0 Å². The van der Waals surface area contributed by atoms with Gasteiger partial charge in [-0.15, -0.1) is 6.58 Å². The van der Waals surface area contributed by atoms with Crippen LogP contribution in [0.5, 0.6) is 0 Å². The van der Waals surface area contributed by atoms with Gasteiger partial charge in [-0.3, -0.25) is 0 Å². The number of hydroxylamine groups is 2. The van der Waals surface area contributed by atoms with Crippen molar-refractivity contribution in [3.8, 4) is 0 Å². The van der Waals surface area contributed by atoms with Crippen molar-refractivity contribution < 1.29 is 0 Å². The van der Waals surface area contributed by atoms with Crippen molar-refractivity contribution in [3.05, 3.63) is 17.9 Å². The quantitative estimate of drug-likeness (QED) is 0.363. The van der Waals surface area contributed by atoms with Crippen LogP contribution in [0.15, 0.2) is 12.7 Å². The van der Waals surface area contributed by atoms with E-state index < -0.39 is 0 Å². The number of hydrogen-bond donors (Lipinski definition) is 0. The summed E-state index contributed by atoms with van der Waals surface area (Å²) in [5.74, 6) is 0. The third-order valence-electron chi connectivity index (χ3n) is 0.386. The molecule has 0 aliphatic rings. The van der Waals surface area contributed by atoms with Crippen LogP contribution in [-0.2, 0) is 0 Å². The largest absolute Gasteiger partial charge is 0.785 e.